The van der Waals surface area contributed by atoms with Crippen molar-refractivity contribution in [3.63, 3.8) is 0 Å². The Balaban J connectivity index is 1.51. The quantitative estimate of drug-likeness (QED) is 0.321. The number of hydrogen-bond acceptors (Lipinski definition) is 6. The highest BCUT2D eigenvalue weighted by molar-refractivity contribution is 7.99. The van der Waals surface area contributed by atoms with Crippen LogP contribution in [0.4, 0.5) is 5.69 Å². The van der Waals surface area contributed by atoms with Crippen LogP contribution in [-0.2, 0) is 11.2 Å². The summed E-state index contributed by atoms with van der Waals surface area (Å²) >= 11 is 2.64. The molecule has 0 unspecified atom stereocenters. The number of anilines is 1. The Morgan fingerprint density at radius 3 is 2.75 bits per heavy atom. The van der Waals surface area contributed by atoms with Crippen LogP contribution in [0.25, 0.3) is 15.9 Å². The lowest BCUT2D eigenvalue weighted by atomic mass is 10.0. The van der Waals surface area contributed by atoms with Gasteiger partial charge in [0.25, 0.3) is 5.56 Å². The van der Waals surface area contributed by atoms with Crippen molar-refractivity contribution in [2.45, 2.75) is 18.0 Å². The third kappa shape index (κ3) is 3.69. The first-order chi connectivity index (χ1) is 15.7. The van der Waals surface area contributed by atoms with E-state index >= 15 is 0 Å². The van der Waals surface area contributed by atoms with Crippen LogP contribution in [0.1, 0.15) is 12.0 Å². The number of fused-ring (bicyclic) bond motifs is 2. The molecule has 0 aliphatic carbocycles. The Morgan fingerprint density at radius 2 is 1.91 bits per heavy atom. The van der Waals surface area contributed by atoms with Gasteiger partial charge >= 0.3 is 0 Å². The van der Waals surface area contributed by atoms with Gasteiger partial charge in [-0.3, -0.25) is 14.2 Å². The van der Waals surface area contributed by atoms with Gasteiger partial charge in [-0.1, -0.05) is 42.1 Å². The third-order valence-electron chi connectivity index (χ3n) is 5.51. The van der Waals surface area contributed by atoms with Gasteiger partial charge in [0.2, 0.25) is 5.91 Å². The largest absolute Gasteiger partial charge is 0.495 e. The van der Waals surface area contributed by atoms with Crippen LogP contribution in [0.15, 0.2) is 69.9 Å². The zero-order chi connectivity index (χ0) is 22.1. The van der Waals surface area contributed by atoms with E-state index in [1.54, 1.807) is 11.7 Å². The number of hydrogen-bond donors (Lipinski definition) is 0. The van der Waals surface area contributed by atoms with Crippen molar-refractivity contribution >= 4 is 44.9 Å². The van der Waals surface area contributed by atoms with E-state index in [0.29, 0.717) is 33.4 Å². The zero-order valence-corrected chi connectivity index (χ0v) is 19.1. The van der Waals surface area contributed by atoms with Crippen molar-refractivity contribution in [1.29, 1.82) is 0 Å². The Labute approximate surface area is 193 Å². The molecule has 0 bridgehead atoms. The van der Waals surface area contributed by atoms with Gasteiger partial charge < -0.3 is 9.64 Å². The summed E-state index contributed by atoms with van der Waals surface area (Å²) in [4.78, 5) is 33.1. The predicted molar refractivity (Wildman–Crippen MR) is 130 cm³/mol. The number of carbonyl (C=O) groups excluding carboxylic acids is 1. The number of para-hydroxylation sites is 3. The summed E-state index contributed by atoms with van der Waals surface area (Å²) in [6.07, 6.45) is 1.93. The van der Waals surface area contributed by atoms with Gasteiger partial charge in [0.15, 0.2) is 5.16 Å². The minimum atomic E-state index is -0.159. The van der Waals surface area contributed by atoms with Crippen molar-refractivity contribution in [3.05, 3.63) is 75.9 Å². The molecular formula is C24H21N3O3S2. The smallest absolute Gasteiger partial charge is 0.276 e. The summed E-state index contributed by atoms with van der Waals surface area (Å²) < 4.78 is 7.63. The van der Waals surface area contributed by atoms with Crippen LogP contribution in [0, 0.1) is 0 Å². The number of benzene rings is 2. The molecule has 1 aliphatic rings. The molecule has 2 aromatic heterocycles. The average Bonchev–Trinajstić information content (AvgIpc) is 3.31. The first kappa shape index (κ1) is 20.8. The fourth-order valence-corrected chi connectivity index (χ4v) is 5.65. The van der Waals surface area contributed by atoms with Crippen molar-refractivity contribution < 1.29 is 9.53 Å². The number of carbonyl (C=O) groups is 1. The van der Waals surface area contributed by atoms with E-state index < -0.39 is 0 Å². The summed E-state index contributed by atoms with van der Waals surface area (Å²) in [5.41, 5.74) is 3.27. The van der Waals surface area contributed by atoms with Crippen LogP contribution >= 0.6 is 23.1 Å². The van der Waals surface area contributed by atoms with Gasteiger partial charge in [-0.15, -0.1) is 11.3 Å². The van der Waals surface area contributed by atoms with Crippen molar-refractivity contribution in [2.24, 2.45) is 0 Å². The van der Waals surface area contributed by atoms with Gasteiger partial charge in [0.05, 0.1) is 24.1 Å². The molecule has 0 radical (unpaired) electrons. The molecule has 3 heterocycles. The van der Waals surface area contributed by atoms with E-state index in [0.717, 1.165) is 18.5 Å². The maximum absolute atomic E-state index is 13.4. The first-order valence-electron chi connectivity index (χ1n) is 10.3. The van der Waals surface area contributed by atoms with E-state index in [1.165, 1.54) is 28.7 Å². The summed E-state index contributed by atoms with van der Waals surface area (Å²) in [5, 5.41) is 2.33. The average molecular weight is 464 g/mol. The summed E-state index contributed by atoms with van der Waals surface area (Å²) in [6, 6.07) is 17.2. The van der Waals surface area contributed by atoms with E-state index in [2.05, 4.69) is 6.07 Å². The first-order valence-corrected chi connectivity index (χ1v) is 12.2. The van der Waals surface area contributed by atoms with E-state index in [4.69, 9.17) is 9.72 Å². The highest BCUT2D eigenvalue weighted by Crippen LogP contribution is 2.30. The minimum Gasteiger partial charge on any atom is -0.495 e. The number of aromatic nitrogens is 2. The second-order valence-electron chi connectivity index (χ2n) is 7.41. The lowest BCUT2D eigenvalue weighted by Crippen LogP contribution is -2.36. The molecule has 0 saturated heterocycles. The van der Waals surface area contributed by atoms with Crippen LogP contribution in [0.5, 0.6) is 5.75 Å². The second kappa shape index (κ2) is 8.80. The molecule has 32 heavy (non-hydrogen) atoms. The molecule has 0 fully saturated rings. The van der Waals surface area contributed by atoms with E-state index in [1.807, 2.05) is 58.8 Å². The molecule has 1 amide bonds. The lowest BCUT2D eigenvalue weighted by Gasteiger charge is -2.29. The second-order valence-corrected chi connectivity index (χ2v) is 9.27. The molecule has 8 heteroatoms. The predicted octanol–water partition coefficient (Wildman–Crippen LogP) is 4.53. The van der Waals surface area contributed by atoms with Gasteiger partial charge in [0.1, 0.15) is 10.4 Å². The SMILES string of the molecule is COc1ccccc1-n1c(SCC(=O)N2CCCc3ccccc32)nc2ccsc2c1=O. The van der Waals surface area contributed by atoms with Gasteiger partial charge in [-0.2, -0.15) is 0 Å². The monoisotopic (exact) mass is 463 g/mol. The number of aryl methyl sites for hydroxylation is 1. The number of thioether (sulfide) groups is 1. The maximum atomic E-state index is 13.4. The molecule has 0 saturated carbocycles. The summed E-state index contributed by atoms with van der Waals surface area (Å²) in [6.45, 7) is 0.701. The number of nitrogens with zero attached hydrogens (tertiary/aromatic N) is 3. The summed E-state index contributed by atoms with van der Waals surface area (Å²) in [5.74, 6) is 0.768. The van der Waals surface area contributed by atoms with Crippen molar-refractivity contribution in [3.8, 4) is 11.4 Å². The number of rotatable bonds is 5. The van der Waals surface area contributed by atoms with Crippen molar-refractivity contribution in [2.75, 3.05) is 24.3 Å². The third-order valence-corrected chi connectivity index (χ3v) is 7.33. The van der Waals surface area contributed by atoms with Gasteiger partial charge in [0, 0.05) is 12.2 Å². The Kier molecular flexibility index (Phi) is 5.71. The molecule has 0 N–H and O–H groups in total. The Morgan fingerprint density at radius 1 is 1.12 bits per heavy atom. The van der Waals surface area contributed by atoms with Crippen LogP contribution in [0.2, 0.25) is 0 Å². The zero-order valence-electron chi connectivity index (χ0n) is 17.5. The van der Waals surface area contributed by atoms with Crippen LogP contribution < -0.4 is 15.2 Å². The molecular weight excluding hydrogens is 442 g/mol. The molecule has 6 nitrogen and oxygen atoms in total. The highest BCUT2D eigenvalue weighted by Gasteiger charge is 2.24. The summed E-state index contributed by atoms with van der Waals surface area (Å²) in [7, 11) is 1.57. The van der Waals surface area contributed by atoms with Crippen LogP contribution in [-0.4, -0.2) is 34.9 Å². The van der Waals surface area contributed by atoms with Gasteiger partial charge in [-0.25, -0.2) is 4.98 Å². The molecule has 4 aromatic rings. The number of ether oxygens (including phenoxy) is 1. The fourth-order valence-electron chi connectivity index (χ4n) is 4.01. The molecule has 1 aliphatic heterocycles. The van der Waals surface area contributed by atoms with Crippen LogP contribution in [0.3, 0.4) is 0 Å². The molecule has 0 spiro atoms. The molecule has 5 rings (SSSR count). The number of amides is 1. The minimum absolute atomic E-state index is 0.00777. The standard InChI is InChI=1S/C24H21N3O3S2/c1-30-20-11-5-4-10-19(20)27-23(29)22-17(12-14-31-22)25-24(27)32-15-21(28)26-13-6-8-16-7-2-3-9-18(16)26/h2-5,7,9-12,14H,6,8,13,15H2,1H3. The molecule has 2 aromatic carbocycles. The lowest BCUT2D eigenvalue weighted by molar-refractivity contribution is -0.116. The number of methoxy groups -OCH3 is 1. The highest BCUT2D eigenvalue weighted by atomic mass is 32.2. The Hall–Kier alpha value is -3.10. The van der Waals surface area contributed by atoms with E-state index in [-0.39, 0.29) is 17.2 Å². The maximum Gasteiger partial charge on any atom is 0.276 e. The topological polar surface area (TPSA) is 64.4 Å². The van der Waals surface area contributed by atoms with E-state index in [9.17, 15) is 9.59 Å². The number of thiophene rings is 1. The van der Waals surface area contributed by atoms with Gasteiger partial charge in [-0.05, 0) is 48.1 Å². The Bertz CT molecular complexity index is 1360. The normalized spacial score (nSPS) is 13.2. The molecule has 162 valence electrons. The molecule has 0 atom stereocenters. The van der Waals surface area contributed by atoms with Crippen molar-refractivity contribution in [1.82, 2.24) is 9.55 Å². The fraction of sp³-hybridized carbons (Fsp3) is 0.208.